The summed E-state index contributed by atoms with van der Waals surface area (Å²) in [5, 5.41) is 15.5. The molecule has 0 saturated carbocycles. The van der Waals surface area contributed by atoms with Crippen molar-refractivity contribution in [2.75, 3.05) is 0 Å². The van der Waals surface area contributed by atoms with E-state index in [4.69, 9.17) is 4.74 Å². The zero-order valence-electron chi connectivity index (χ0n) is 23.3. The molecule has 2 atom stereocenters. The normalized spacial score (nSPS) is 14.2. The molecule has 0 radical (unpaired) electrons. The van der Waals surface area contributed by atoms with Crippen molar-refractivity contribution < 1.29 is 24.2 Å². The van der Waals surface area contributed by atoms with Crippen LogP contribution in [0.2, 0.25) is 0 Å². The minimum Gasteiger partial charge on any atom is -0.508 e. The van der Waals surface area contributed by atoms with E-state index < -0.39 is 34.9 Å². The standard InChI is InChI=1S/C27H45N3O5/c1-17(2)16-20(28-24(34)35-27(9,10)11)23(33)30(26(6,7)8)21(22(32)29-25(3,4)5)18-12-14-19(31)15-13-18/h12-15,17,20-21,31H,16H2,1-11H3,(H,28,34)(H,29,32). The summed E-state index contributed by atoms with van der Waals surface area (Å²) >= 11 is 0. The largest absolute Gasteiger partial charge is 0.508 e. The molecule has 198 valence electrons. The molecule has 0 aromatic heterocycles. The number of nitrogens with one attached hydrogen (secondary N) is 2. The lowest BCUT2D eigenvalue weighted by Gasteiger charge is -2.44. The van der Waals surface area contributed by atoms with Crippen molar-refractivity contribution in [1.29, 1.82) is 0 Å². The molecule has 35 heavy (non-hydrogen) atoms. The zero-order valence-corrected chi connectivity index (χ0v) is 23.3. The molecule has 0 saturated heterocycles. The number of phenols is 1. The van der Waals surface area contributed by atoms with Gasteiger partial charge in [-0.1, -0.05) is 26.0 Å². The highest BCUT2D eigenvalue weighted by Crippen LogP contribution is 2.32. The Morgan fingerprint density at radius 1 is 0.943 bits per heavy atom. The molecule has 2 unspecified atom stereocenters. The van der Waals surface area contributed by atoms with Crippen molar-refractivity contribution in [3.8, 4) is 5.75 Å². The highest BCUT2D eigenvalue weighted by Gasteiger charge is 2.42. The van der Waals surface area contributed by atoms with E-state index in [9.17, 15) is 19.5 Å². The summed E-state index contributed by atoms with van der Waals surface area (Å²) in [7, 11) is 0. The highest BCUT2D eigenvalue weighted by molar-refractivity contribution is 5.93. The number of carbonyl (C=O) groups is 3. The van der Waals surface area contributed by atoms with Gasteiger partial charge in [-0.05, 0) is 92.3 Å². The van der Waals surface area contributed by atoms with Crippen LogP contribution >= 0.6 is 0 Å². The second kappa shape index (κ2) is 11.3. The van der Waals surface area contributed by atoms with Gasteiger partial charge in [0.25, 0.3) is 0 Å². The number of alkyl carbamates (subject to hydrolysis) is 1. The fourth-order valence-corrected chi connectivity index (χ4v) is 3.67. The first-order valence-corrected chi connectivity index (χ1v) is 12.1. The Morgan fingerprint density at radius 2 is 1.46 bits per heavy atom. The van der Waals surface area contributed by atoms with Crippen LogP contribution in [0, 0.1) is 5.92 Å². The van der Waals surface area contributed by atoms with Gasteiger partial charge >= 0.3 is 6.09 Å². The van der Waals surface area contributed by atoms with E-state index in [0.29, 0.717) is 12.0 Å². The molecule has 8 nitrogen and oxygen atoms in total. The molecule has 1 aromatic carbocycles. The maximum Gasteiger partial charge on any atom is 0.408 e. The summed E-state index contributed by atoms with van der Waals surface area (Å²) in [6, 6.07) is 4.36. The van der Waals surface area contributed by atoms with Crippen LogP contribution in [0.1, 0.15) is 94.2 Å². The van der Waals surface area contributed by atoms with Crippen LogP contribution in [0.5, 0.6) is 5.75 Å². The second-order valence-corrected chi connectivity index (χ2v) is 12.4. The van der Waals surface area contributed by atoms with Crippen LogP contribution in [0.15, 0.2) is 24.3 Å². The molecule has 0 bridgehead atoms. The number of hydrogen-bond acceptors (Lipinski definition) is 5. The summed E-state index contributed by atoms with van der Waals surface area (Å²) in [4.78, 5) is 41.9. The molecule has 0 aliphatic heterocycles. The number of phenolic OH excluding ortho intramolecular Hbond substituents is 1. The molecule has 1 rings (SSSR count). The Bertz CT molecular complexity index is 874. The van der Waals surface area contributed by atoms with E-state index in [0.717, 1.165) is 0 Å². The van der Waals surface area contributed by atoms with Crippen LogP contribution in [0.4, 0.5) is 4.79 Å². The van der Waals surface area contributed by atoms with Gasteiger partial charge in [-0.25, -0.2) is 4.79 Å². The van der Waals surface area contributed by atoms with Crippen molar-refractivity contribution in [2.24, 2.45) is 5.92 Å². The maximum atomic E-state index is 14.1. The summed E-state index contributed by atoms with van der Waals surface area (Å²) in [6.45, 7) is 20.3. The van der Waals surface area contributed by atoms with Crippen LogP contribution in [0.3, 0.4) is 0 Å². The van der Waals surface area contributed by atoms with E-state index in [1.54, 1.807) is 32.9 Å². The fourth-order valence-electron chi connectivity index (χ4n) is 3.67. The topological polar surface area (TPSA) is 108 Å². The number of ether oxygens (including phenoxy) is 1. The van der Waals surface area contributed by atoms with Crippen LogP contribution in [-0.4, -0.2) is 50.6 Å². The Morgan fingerprint density at radius 3 is 1.86 bits per heavy atom. The van der Waals surface area contributed by atoms with E-state index >= 15 is 0 Å². The average molecular weight is 492 g/mol. The number of hydrogen-bond donors (Lipinski definition) is 3. The Hall–Kier alpha value is -2.77. The lowest BCUT2D eigenvalue weighted by Crippen LogP contribution is -2.59. The van der Waals surface area contributed by atoms with Crippen molar-refractivity contribution >= 4 is 17.9 Å². The third-order valence-electron chi connectivity index (χ3n) is 4.87. The smallest absolute Gasteiger partial charge is 0.408 e. The van der Waals surface area contributed by atoms with Gasteiger partial charge in [0.2, 0.25) is 11.8 Å². The molecule has 0 heterocycles. The van der Waals surface area contributed by atoms with Gasteiger partial charge in [-0.3, -0.25) is 9.59 Å². The van der Waals surface area contributed by atoms with Crippen LogP contribution < -0.4 is 10.6 Å². The molecular formula is C27H45N3O5. The molecule has 0 fully saturated rings. The molecule has 3 amide bonds. The van der Waals surface area contributed by atoms with E-state index in [2.05, 4.69) is 10.6 Å². The Labute approximate surface area is 210 Å². The summed E-state index contributed by atoms with van der Waals surface area (Å²) in [6.07, 6.45) is -0.320. The number of carbonyl (C=O) groups excluding carboxylic acids is 3. The predicted octanol–water partition coefficient (Wildman–Crippen LogP) is 4.91. The van der Waals surface area contributed by atoms with E-state index in [-0.39, 0.29) is 23.5 Å². The Balaban J connectivity index is 3.58. The summed E-state index contributed by atoms with van der Waals surface area (Å²) in [5.41, 5.74) is -1.49. The first kappa shape index (κ1) is 30.3. The fraction of sp³-hybridized carbons (Fsp3) is 0.667. The number of amides is 3. The second-order valence-electron chi connectivity index (χ2n) is 12.4. The zero-order chi connectivity index (χ0) is 27.4. The SMILES string of the molecule is CC(C)CC(NC(=O)OC(C)(C)C)C(=O)N(C(C(=O)NC(C)(C)C)c1ccc(O)cc1)C(C)(C)C. The van der Waals surface area contributed by atoms with Crippen molar-refractivity contribution in [3.05, 3.63) is 29.8 Å². The molecule has 0 aliphatic rings. The van der Waals surface area contributed by atoms with Gasteiger partial charge in [-0.15, -0.1) is 0 Å². The monoisotopic (exact) mass is 491 g/mol. The van der Waals surface area contributed by atoms with Gasteiger partial charge < -0.3 is 25.4 Å². The van der Waals surface area contributed by atoms with Crippen molar-refractivity contribution in [2.45, 2.75) is 111 Å². The lowest BCUT2D eigenvalue weighted by atomic mass is 9.93. The predicted molar refractivity (Wildman–Crippen MR) is 138 cm³/mol. The number of rotatable bonds is 7. The summed E-state index contributed by atoms with van der Waals surface area (Å²) < 4.78 is 5.41. The van der Waals surface area contributed by atoms with E-state index in [1.807, 2.05) is 55.4 Å². The molecule has 3 N–H and O–H groups in total. The number of nitrogens with zero attached hydrogens (tertiary/aromatic N) is 1. The van der Waals surface area contributed by atoms with Gasteiger partial charge in [0.05, 0.1) is 0 Å². The maximum absolute atomic E-state index is 14.1. The molecular weight excluding hydrogens is 446 g/mol. The average Bonchev–Trinajstić information content (AvgIpc) is 2.61. The van der Waals surface area contributed by atoms with Crippen molar-refractivity contribution in [1.82, 2.24) is 15.5 Å². The number of benzene rings is 1. The van der Waals surface area contributed by atoms with Crippen molar-refractivity contribution in [3.63, 3.8) is 0 Å². The first-order chi connectivity index (χ1) is 15.7. The highest BCUT2D eigenvalue weighted by atomic mass is 16.6. The van der Waals surface area contributed by atoms with Crippen LogP contribution in [-0.2, 0) is 14.3 Å². The Kier molecular flexibility index (Phi) is 9.78. The minimum atomic E-state index is -0.988. The third-order valence-corrected chi connectivity index (χ3v) is 4.87. The third kappa shape index (κ3) is 10.2. The lowest BCUT2D eigenvalue weighted by molar-refractivity contribution is -0.149. The van der Waals surface area contributed by atoms with Gasteiger partial charge in [-0.2, -0.15) is 0 Å². The molecule has 0 spiro atoms. The number of aromatic hydroxyl groups is 1. The van der Waals surface area contributed by atoms with Crippen LogP contribution in [0.25, 0.3) is 0 Å². The quantitative estimate of drug-likeness (QED) is 0.502. The molecule has 1 aromatic rings. The molecule has 0 aliphatic carbocycles. The molecule has 8 heteroatoms. The first-order valence-electron chi connectivity index (χ1n) is 12.1. The minimum absolute atomic E-state index is 0.0571. The van der Waals surface area contributed by atoms with E-state index in [1.165, 1.54) is 17.0 Å². The van der Waals surface area contributed by atoms with Gasteiger partial charge in [0, 0.05) is 11.1 Å². The summed E-state index contributed by atoms with van der Waals surface area (Å²) in [5.74, 6) is -0.593. The van der Waals surface area contributed by atoms with Gasteiger partial charge in [0.15, 0.2) is 0 Å². The van der Waals surface area contributed by atoms with Gasteiger partial charge in [0.1, 0.15) is 23.4 Å².